The van der Waals surface area contributed by atoms with Gasteiger partial charge < -0.3 is 10.1 Å². The van der Waals surface area contributed by atoms with Crippen molar-refractivity contribution in [1.82, 2.24) is 9.21 Å². The minimum Gasteiger partial charge on any atom is -0.455 e. The highest BCUT2D eigenvalue weighted by Crippen LogP contribution is 2.29. The van der Waals surface area contributed by atoms with Crippen LogP contribution in [0.2, 0.25) is 0 Å². The Hall–Kier alpha value is -3.20. The first-order chi connectivity index (χ1) is 15.9. The number of nitrogens with zero attached hydrogens (tertiary/aromatic N) is 2. The fraction of sp³-hybridized carbons (Fsp3) is 0.240. The third kappa shape index (κ3) is 6.19. The average Bonchev–Trinajstić information content (AvgIpc) is 2.81. The molecule has 4 rings (SSSR count). The third-order valence-corrected chi connectivity index (χ3v) is 6.81. The van der Waals surface area contributed by atoms with Crippen LogP contribution in [0.25, 0.3) is 0 Å². The highest BCUT2D eigenvalue weighted by atomic mass is 32.2. The largest absolute Gasteiger partial charge is 0.455 e. The molecule has 0 aliphatic carbocycles. The van der Waals surface area contributed by atoms with Gasteiger partial charge in [-0.2, -0.15) is 4.31 Å². The number of nitrogens with one attached hydrogen (secondary N) is 1. The van der Waals surface area contributed by atoms with Gasteiger partial charge in [0.15, 0.2) is 5.75 Å². The highest BCUT2D eigenvalue weighted by Gasteiger charge is 2.23. The number of anilines is 1. The molecule has 3 aromatic rings. The number of benzene rings is 3. The summed E-state index contributed by atoms with van der Waals surface area (Å²) in [7, 11) is -3.15. The lowest BCUT2D eigenvalue weighted by Gasteiger charge is -2.33. The zero-order valence-corrected chi connectivity index (χ0v) is 19.3. The summed E-state index contributed by atoms with van der Waals surface area (Å²) >= 11 is 0. The Balaban J connectivity index is 1.41. The van der Waals surface area contributed by atoms with Crippen LogP contribution in [0, 0.1) is 0 Å². The van der Waals surface area contributed by atoms with Crippen molar-refractivity contribution in [1.29, 1.82) is 0 Å². The zero-order chi connectivity index (χ0) is 23.3. The quantitative estimate of drug-likeness (QED) is 0.574. The molecule has 1 aliphatic rings. The fourth-order valence-electron chi connectivity index (χ4n) is 3.76. The predicted molar refractivity (Wildman–Crippen MR) is 129 cm³/mol. The van der Waals surface area contributed by atoms with Crippen molar-refractivity contribution in [3.63, 3.8) is 0 Å². The van der Waals surface area contributed by atoms with Crippen LogP contribution in [-0.2, 0) is 16.6 Å². The molecule has 0 spiro atoms. The fourth-order valence-corrected chi connectivity index (χ4v) is 4.58. The van der Waals surface area contributed by atoms with E-state index in [1.54, 1.807) is 12.1 Å². The van der Waals surface area contributed by atoms with Crippen LogP contribution in [0.4, 0.5) is 5.69 Å². The van der Waals surface area contributed by atoms with E-state index in [1.807, 2.05) is 66.7 Å². The molecule has 33 heavy (non-hydrogen) atoms. The van der Waals surface area contributed by atoms with Crippen molar-refractivity contribution in [3.05, 3.63) is 90.0 Å². The van der Waals surface area contributed by atoms with Gasteiger partial charge in [-0.15, -0.1) is 0 Å². The lowest BCUT2D eigenvalue weighted by atomic mass is 10.1. The summed E-state index contributed by atoms with van der Waals surface area (Å²) in [6.45, 7) is 2.95. The molecule has 1 saturated heterocycles. The summed E-state index contributed by atoms with van der Waals surface area (Å²) in [6.07, 6.45) is 1.24. The maximum atomic E-state index is 13.0. The summed E-state index contributed by atoms with van der Waals surface area (Å²) in [6, 6.07) is 24.2. The van der Waals surface area contributed by atoms with E-state index in [-0.39, 0.29) is 5.91 Å². The summed E-state index contributed by atoms with van der Waals surface area (Å²) < 4.78 is 30.8. The minimum absolute atomic E-state index is 0.220. The molecule has 1 amide bonds. The van der Waals surface area contributed by atoms with Crippen LogP contribution in [0.3, 0.4) is 0 Å². The zero-order valence-electron chi connectivity index (χ0n) is 18.5. The average molecular weight is 466 g/mol. The summed E-state index contributed by atoms with van der Waals surface area (Å²) in [5.41, 5.74) is 2.15. The van der Waals surface area contributed by atoms with E-state index in [9.17, 15) is 13.2 Å². The van der Waals surface area contributed by atoms with E-state index in [4.69, 9.17) is 4.74 Å². The summed E-state index contributed by atoms with van der Waals surface area (Å²) in [5, 5.41) is 2.95. The van der Waals surface area contributed by atoms with Gasteiger partial charge in [0.1, 0.15) is 5.75 Å². The summed E-state index contributed by atoms with van der Waals surface area (Å²) in [4.78, 5) is 15.2. The Labute approximate surface area is 194 Å². The van der Waals surface area contributed by atoms with E-state index in [0.717, 1.165) is 5.56 Å². The molecule has 1 aliphatic heterocycles. The first kappa shape index (κ1) is 23.0. The van der Waals surface area contributed by atoms with Crippen molar-refractivity contribution in [3.8, 4) is 11.5 Å². The van der Waals surface area contributed by atoms with Gasteiger partial charge in [0, 0.05) is 38.3 Å². The van der Waals surface area contributed by atoms with Crippen LogP contribution in [-0.4, -0.2) is 56.0 Å². The second kappa shape index (κ2) is 10.2. The van der Waals surface area contributed by atoms with E-state index in [1.165, 1.54) is 10.6 Å². The van der Waals surface area contributed by atoms with Crippen molar-refractivity contribution in [2.45, 2.75) is 6.54 Å². The first-order valence-electron chi connectivity index (χ1n) is 10.8. The molecule has 1 fully saturated rings. The standard InChI is InChI=1S/C25H27N3O4S/c1-33(30,31)28-16-14-27(15-17-28)19-20-8-7-9-21(18-20)25(29)26-23-12-5-6-13-24(23)32-22-10-3-2-4-11-22/h2-13,18H,14-17,19H2,1H3,(H,26,29). The van der Waals surface area contributed by atoms with E-state index >= 15 is 0 Å². The van der Waals surface area contributed by atoms with E-state index in [2.05, 4.69) is 10.2 Å². The number of carbonyl (C=O) groups excluding carboxylic acids is 1. The van der Waals surface area contributed by atoms with Crippen molar-refractivity contribution < 1.29 is 17.9 Å². The normalized spacial score (nSPS) is 15.2. The molecular weight excluding hydrogens is 438 g/mol. The van der Waals surface area contributed by atoms with Crippen molar-refractivity contribution >= 4 is 21.6 Å². The molecule has 3 aromatic carbocycles. The van der Waals surface area contributed by atoms with Gasteiger partial charge in [-0.1, -0.05) is 42.5 Å². The Morgan fingerprint density at radius 2 is 1.61 bits per heavy atom. The molecule has 0 bridgehead atoms. The van der Waals surface area contributed by atoms with Gasteiger partial charge in [-0.05, 0) is 42.0 Å². The molecule has 0 unspecified atom stereocenters. The van der Waals surface area contributed by atoms with Crippen LogP contribution in [0.15, 0.2) is 78.9 Å². The second-order valence-electron chi connectivity index (χ2n) is 8.00. The Morgan fingerprint density at radius 3 is 2.33 bits per heavy atom. The summed E-state index contributed by atoms with van der Waals surface area (Å²) in [5.74, 6) is 1.04. The molecule has 0 saturated carbocycles. The lowest BCUT2D eigenvalue weighted by molar-refractivity contribution is 0.102. The topological polar surface area (TPSA) is 79.0 Å². The van der Waals surface area contributed by atoms with Crippen LogP contribution in [0.5, 0.6) is 11.5 Å². The molecule has 0 atom stereocenters. The number of rotatable bonds is 7. The number of ether oxygens (including phenoxy) is 1. The molecule has 7 nitrogen and oxygen atoms in total. The number of hydrogen-bond donors (Lipinski definition) is 1. The third-order valence-electron chi connectivity index (χ3n) is 5.50. The second-order valence-corrected chi connectivity index (χ2v) is 9.99. The Kier molecular flexibility index (Phi) is 7.08. The SMILES string of the molecule is CS(=O)(=O)N1CCN(Cc2cccc(C(=O)Nc3ccccc3Oc3ccccc3)c2)CC1. The maximum Gasteiger partial charge on any atom is 0.255 e. The number of carbonyl (C=O) groups is 1. The molecule has 8 heteroatoms. The first-order valence-corrected chi connectivity index (χ1v) is 12.6. The highest BCUT2D eigenvalue weighted by molar-refractivity contribution is 7.88. The smallest absolute Gasteiger partial charge is 0.255 e. The van der Waals surface area contributed by atoms with Crippen LogP contribution < -0.4 is 10.1 Å². The van der Waals surface area contributed by atoms with E-state index in [0.29, 0.717) is 55.5 Å². The maximum absolute atomic E-state index is 13.0. The van der Waals surface area contributed by atoms with E-state index < -0.39 is 10.0 Å². The number of piperazine rings is 1. The molecule has 1 N–H and O–H groups in total. The molecule has 1 heterocycles. The molecule has 0 aromatic heterocycles. The number of hydrogen-bond acceptors (Lipinski definition) is 5. The molecule has 0 radical (unpaired) electrons. The van der Waals surface area contributed by atoms with Gasteiger partial charge in [-0.3, -0.25) is 9.69 Å². The van der Waals surface area contributed by atoms with Gasteiger partial charge in [0.25, 0.3) is 5.91 Å². The number of para-hydroxylation sites is 3. The van der Waals surface area contributed by atoms with Crippen LogP contribution in [0.1, 0.15) is 15.9 Å². The van der Waals surface area contributed by atoms with Crippen LogP contribution >= 0.6 is 0 Å². The number of amides is 1. The monoisotopic (exact) mass is 465 g/mol. The Bertz CT molecular complexity index is 1210. The van der Waals surface area contributed by atoms with Gasteiger partial charge in [0.2, 0.25) is 10.0 Å². The number of sulfonamides is 1. The molecule has 172 valence electrons. The van der Waals surface area contributed by atoms with Gasteiger partial charge >= 0.3 is 0 Å². The van der Waals surface area contributed by atoms with Crippen molar-refractivity contribution in [2.24, 2.45) is 0 Å². The lowest BCUT2D eigenvalue weighted by Crippen LogP contribution is -2.47. The molecular formula is C25H27N3O4S. The van der Waals surface area contributed by atoms with Crippen molar-refractivity contribution in [2.75, 3.05) is 37.8 Å². The Morgan fingerprint density at radius 1 is 0.909 bits per heavy atom. The van der Waals surface area contributed by atoms with Gasteiger partial charge in [-0.25, -0.2) is 8.42 Å². The minimum atomic E-state index is -3.15. The van der Waals surface area contributed by atoms with Gasteiger partial charge in [0.05, 0.1) is 11.9 Å². The predicted octanol–water partition coefficient (Wildman–Crippen LogP) is 3.81.